The molecule has 0 aromatic heterocycles. The number of esters is 1. The third-order valence-corrected chi connectivity index (χ3v) is 5.54. The number of phosphoric acid groups is 1. The first-order chi connectivity index (χ1) is 15.3. The first-order valence-corrected chi connectivity index (χ1v) is 11.3. The van der Waals surface area contributed by atoms with E-state index in [1.807, 2.05) is 75.4 Å². The van der Waals surface area contributed by atoms with Gasteiger partial charge >= 0.3 is 13.8 Å². The van der Waals surface area contributed by atoms with Gasteiger partial charge in [-0.2, -0.15) is 4.57 Å². The maximum absolute atomic E-state index is 13.5. The summed E-state index contributed by atoms with van der Waals surface area (Å²) in [5, 5.41) is 0. The molecule has 0 amide bonds. The van der Waals surface area contributed by atoms with Gasteiger partial charge in [-0.3, -0.25) is 0 Å². The quantitative estimate of drug-likeness (QED) is 0.227. The molecule has 32 heavy (non-hydrogen) atoms. The number of aryl methyl sites for hydroxylation is 3. The van der Waals surface area contributed by atoms with Crippen LogP contribution in [0.15, 0.2) is 85.5 Å². The number of hydrogen-bond acceptors (Lipinski definition) is 6. The standard InChI is InChI=1S/C21H21O4P.C4H6O2/c1-16-10-4-7-13-19(16)23-26(22,24-20-14-8-5-11-17(20)2)25-21-15-9-6-12-18(21)3;1-3-4(5)6-2/h4-15H,1-3H3;3H,1H2,2H3. The van der Waals surface area contributed by atoms with Crippen molar-refractivity contribution in [3.8, 4) is 17.2 Å². The fraction of sp³-hybridized carbons (Fsp3) is 0.160. The molecule has 3 aromatic carbocycles. The first-order valence-electron chi connectivity index (χ1n) is 9.84. The van der Waals surface area contributed by atoms with E-state index >= 15 is 0 Å². The van der Waals surface area contributed by atoms with Gasteiger partial charge in [0.15, 0.2) is 0 Å². The number of carbonyl (C=O) groups excluding carboxylic acids is 1. The second kappa shape index (κ2) is 11.8. The molecule has 7 heteroatoms. The van der Waals surface area contributed by atoms with E-state index in [4.69, 9.17) is 13.6 Å². The van der Waals surface area contributed by atoms with Crippen LogP contribution in [0.5, 0.6) is 17.2 Å². The number of methoxy groups -OCH3 is 1. The highest BCUT2D eigenvalue weighted by Crippen LogP contribution is 2.51. The van der Waals surface area contributed by atoms with E-state index in [1.165, 1.54) is 7.11 Å². The minimum Gasteiger partial charge on any atom is -0.466 e. The molecule has 0 N–H and O–H groups in total. The molecule has 0 aliphatic carbocycles. The summed E-state index contributed by atoms with van der Waals surface area (Å²) in [4.78, 5) is 9.84. The molecule has 0 radical (unpaired) electrons. The monoisotopic (exact) mass is 454 g/mol. The van der Waals surface area contributed by atoms with Crippen molar-refractivity contribution in [2.45, 2.75) is 20.8 Å². The highest BCUT2D eigenvalue weighted by atomic mass is 31.2. The van der Waals surface area contributed by atoms with Crippen molar-refractivity contribution < 1.29 is 27.7 Å². The largest absolute Gasteiger partial charge is 0.647 e. The van der Waals surface area contributed by atoms with Crippen LogP contribution in [-0.4, -0.2) is 13.1 Å². The Bertz CT molecular complexity index is 986. The molecule has 0 fully saturated rings. The van der Waals surface area contributed by atoms with E-state index in [0.29, 0.717) is 17.2 Å². The highest BCUT2D eigenvalue weighted by molar-refractivity contribution is 7.49. The van der Waals surface area contributed by atoms with Gasteiger partial charge in [-0.25, -0.2) is 4.79 Å². The second-order valence-electron chi connectivity index (χ2n) is 6.74. The molecule has 6 nitrogen and oxygen atoms in total. The van der Waals surface area contributed by atoms with Crippen LogP contribution in [0.3, 0.4) is 0 Å². The van der Waals surface area contributed by atoms with Crippen LogP contribution in [0.4, 0.5) is 0 Å². The molecule has 0 heterocycles. The van der Waals surface area contributed by atoms with Gasteiger partial charge in [-0.05, 0) is 55.7 Å². The topological polar surface area (TPSA) is 71.1 Å². The van der Waals surface area contributed by atoms with Crippen molar-refractivity contribution in [1.82, 2.24) is 0 Å². The molecule has 0 aliphatic heterocycles. The van der Waals surface area contributed by atoms with E-state index in [9.17, 15) is 9.36 Å². The number of phosphoric ester groups is 1. The number of para-hydroxylation sites is 3. The summed E-state index contributed by atoms with van der Waals surface area (Å²) >= 11 is 0. The van der Waals surface area contributed by atoms with Gasteiger partial charge in [0.05, 0.1) is 7.11 Å². The van der Waals surface area contributed by atoms with E-state index in [-0.39, 0.29) is 0 Å². The van der Waals surface area contributed by atoms with Crippen LogP contribution < -0.4 is 13.6 Å². The Morgan fingerprint density at radius 2 is 1.03 bits per heavy atom. The average molecular weight is 454 g/mol. The van der Waals surface area contributed by atoms with Crippen LogP contribution in [-0.2, 0) is 14.1 Å². The summed E-state index contributed by atoms with van der Waals surface area (Å²) < 4.78 is 34.9. The van der Waals surface area contributed by atoms with Crippen molar-refractivity contribution in [2.75, 3.05) is 7.11 Å². The molecule has 0 saturated heterocycles. The van der Waals surface area contributed by atoms with Gasteiger partial charge in [0.25, 0.3) is 0 Å². The van der Waals surface area contributed by atoms with Crippen LogP contribution >= 0.6 is 7.82 Å². The molecular weight excluding hydrogens is 427 g/mol. The fourth-order valence-electron chi connectivity index (χ4n) is 2.48. The zero-order valence-corrected chi connectivity index (χ0v) is 19.5. The SMILES string of the molecule is C=CC(=O)OC.Cc1ccccc1OP(=O)(Oc1ccccc1C)Oc1ccccc1C. The Hall–Kier alpha value is -3.50. The highest BCUT2D eigenvalue weighted by Gasteiger charge is 2.34. The summed E-state index contributed by atoms with van der Waals surface area (Å²) in [5.41, 5.74) is 2.53. The Balaban J connectivity index is 0.000000534. The minimum atomic E-state index is -3.97. The van der Waals surface area contributed by atoms with Crippen molar-refractivity contribution >= 4 is 13.8 Å². The number of rotatable bonds is 7. The number of hydrogen-bond donors (Lipinski definition) is 0. The first kappa shape index (κ1) is 24.8. The Labute approximate surface area is 189 Å². The maximum atomic E-state index is 13.5. The Morgan fingerprint density at radius 1 is 0.719 bits per heavy atom. The van der Waals surface area contributed by atoms with Crippen molar-refractivity contribution in [3.05, 3.63) is 102 Å². The van der Waals surface area contributed by atoms with Gasteiger partial charge in [0.2, 0.25) is 0 Å². The van der Waals surface area contributed by atoms with Crippen molar-refractivity contribution in [2.24, 2.45) is 0 Å². The number of ether oxygens (including phenoxy) is 1. The Kier molecular flexibility index (Phi) is 9.11. The van der Waals surface area contributed by atoms with Crippen LogP contribution in [0, 0.1) is 20.8 Å². The zero-order valence-electron chi connectivity index (χ0n) is 18.6. The minimum absolute atomic E-state index is 0.394. The third kappa shape index (κ3) is 7.33. The van der Waals surface area contributed by atoms with Gasteiger partial charge in [-0.1, -0.05) is 61.2 Å². The third-order valence-electron chi connectivity index (χ3n) is 4.28. The smallest absolute Gasteiger partial charge is 0.466 e. The molecule has 3 rings (SSSR count). The molecular formula is C25H27O6P. The van der Waals surface area contributed by atoms with Crippen LogP contribution in [0.1, 0.15) is 16.7 Å². The van der Waals surface area contributed by atoms with E-state index in [0.717, 1.165) is 22.8 Å². The normalized spacial score (nSPS) is 10.2. The lowest BCUT2D eigenvalue weighted by atomic mass is 10.2. The fourth-order valence-corrected chi connectivity index (χ4v) is 3.93. The number of benzene rings is 3. The van der Waals surface area contributed by atoms with Crippen LogP contribution in [0.2, 0.25) is 0 Å². The van der Waals surface area contributed by atoms with Crippen molar-refractivity contribution in [1.29, 1.82) is 0 Å². The molecule has 0 aliphatic rings. The molecule has 0 spiro atoms. The van der Waals surface area contributed by atoms with Gasteiger partial charge in [-0.15, -0.1) is 0 Å². The lowest BCUT2D eigenvalue weighted by Gasteiger charge is -2.21. The molecule has 0 bridgehead atoms. The summed E-state index contributed by atoms with van der Waals surface area (Å²) in [6.07, 6.45) is 1.11. The molecule has 0 saturated carbocycles. The zero-order chi connectivity index (χ0) is 23.6. The molecule has 0 unspecified atom stereocenters. The van der Waals surface area contributed by atoms with Gasteiger partial charge < -0.3 is 18.3 Å². The van der Waals surface area contributed by atoms with Gasteiger partial charge in [0.1, 0.15) is 17.2 Å². The molecule has 3 aromatic rings. The lowest BCUT2D eigenvalue weighted by molar-refractivity contribution is -0.134. The van der Waals surface area contributed by atoms with E-state index in [1.54, 1.807) is 18.2 Å². The summed E-state index contributed by atoms with van der Waals surface area (Å²) in [6.45, 7) is 8.79. The summed E-state index contributed by atoms with van der Waals surface area (Å²) in [5.74, 6) is 0.976. The predicted octanol–water partition coefficient (Wildman–Crippen LogP) is 6.60. The van der Waals surface area contributed by atoms with E-state index < -0.39 is 13.8 Å². The summed E-state index contributed by atoms with van der Waals surface area (Å²) in [6, 6.07) is 22.0. The summed E-state index contributed by atoms with van der Waals surface area (Å²) in [7, 11) is -2.66. The molecule has 0 atom stereocenters. The average Bonchev–Trinajstić information content (AvgIpc) is 2.78. The molecule has 168 valence electrons. The maximum Gasteiger partial charge on any atom is 0.647 e. The van der Waals surface area contributed by atoms with Gasteiger partial charge in [0, 0.05) is 6.08 Å². The van der Waals surface area contributed by atoms with Crippen molar-refractivity contribution in [3.63, 3.8) is 0 Å². The Morgan fingerprint density at radius 3 is 1.25 bits per heavy atom. The second-order valence-corrected chi connectivity index (χ2v) is 8.19. The predicted molar refractivity (Wildman–Crippen MR) is 125 cm³/mol. The number of carbonyl (C=O) groups is 1. The van der Waals surface area contributed by atoms with E-state index in [2.05, 4.69) is 11.3 Å². The van der Waals surface area contributed by atoms with Crippen LogP contribution in [0.25, 0.3) is 0 Å². The lowest BCUT2D eigenvalue weighted by Crippen LogP contribution is -2.09.